The van der Waals surface area contributed by atoms with Crippen molar-refractivity contribution >= 4 is 17.6 Å². The van der Waals surface area contributed by atoms with Crippen LogP contribution in [0.25, 0.3) is 0 Å². The molecule has 0 aliphatic rings. The van der Waals surface area contributed by atoms with E-state index >= 15 is 0 Å². The molecule has 5 nitrogen and oxygen atoms in total. The van der Waals surface area contributed by atoms with Crippen LogP contribution in [-0.4, -0.2) is 25.5 Å². The Hall–Kier alpha value is -2.08. The molecule has 2 rings (SSSR count). The van der Waals surface area contributed by atoms with Crippen LogP contribution in [0.4, 0.5) is 0 Å². The van der Waals surface area contributed by atoms with Gasteiger partial charge in [-0.25, -0.2) is 4.98 Å². The van der Waals surface area contributed by atoms with Crippen molar-refractivity contribution in [2.24, 2.45) is 0 Å². The number of rotatable bonds is 7. The molecule has 1 aromatic carbocycles. The van der Waals surface area contributed by atoms with Gasteiger partial charge in [0.05, 0.1) is 24.9 Å². The number of thiazole rings is 1. The third kappa shape index (κ3) is 3.52. The standard InChI is InChI=1S/C15H17NO4S/c1-4-14-16-11(9-21-14)8-20-15-12(18-2)5-10(7-17)6-13(15)19-3/h5-7,9H,4,8H2,1-3H3. The van der Waals surface area contributed by atoms with Crippen molar-refractivity contribution in [1.82, 2.24) is 4.98 Å². The lowest BCUT2D eigenvalue weighted by molar-refractivity contribution is 0.112. The second-order valence-electron chi connectivity index (χ2n) is 4.25. The third-order valence-corrected chi connectivity index (χ3v) is 3.93. The number of aromatic nitrogens is 1. The monoisotopic (exact) mass is 307 g/mol. The topological polar surface area (TPSA) is 57.7 Å². The number of carbonyl (C=O) groups excluding carboxylic acids is 1. The van der Waals surface area contributed by atoms with Crippen LogP contribution in [0.2, 0.25) is 0 Å². The van der Waals surface area contributed by atoms with E-state index in [1.54, 1.807) is 23.5 Å². The zero-order valence-corrected chi connectivity index (χ0v) is 13.0. The van der Waals surface area contributed by atoms with Gasteiger partial charge in [-0.3, -0.25) is 4.79 Å². The molecule has 0 spiro atoms. The van der Waals surface area contributed by atoms with Crippen molar-refractivity contribution in [3.8, 4) is 17.2 Å². The highest BCUT2D eigenvalue weighted by atomic mass is 32.1. The summed E-state index contributed by atoms with van der Waals surface area (Å²) in [6.45, 7) is 2.39. The predicted molar refractivity (Wildman–Crippen MR) is 80.8 cm³/mol. The summed E-state index contributed by atoms with van der Waals surface area (Å²) in [7, 11) is 3.04. The van der Waals surface area contributed by atoms with Gasteiger partial charge in [-0.05, 0) is 18.6 Å². The molecule has 0 radical (unpaired) electrons. The molecular formula is C15H17NO4S. The Labute approximate surface area is 127 Å². The van der Waals surface area contributed by atoms with Gasteiger partial charge >= 0.3 is 0 Å². The van der Waals surface area contributed by atoms with Crippen molar-refractivity contribution in [2.75, 3.05) is 14.2 Å². The highest BCUT2D eigenvalue weighted by Crippen LogP contribution is 2.38. The molecule has 0 fully saturated rings. The van der Waals surface area contributed by atoms with Gasteiger partial charge in [0.2, 0.25) is 5.75 Å². The van der Waals surface area contributed by atoms with E-state index in [1.165, 1.54) is 14.2 Å². The summed E-state index contributed by atoms with van der Waals surface area (Å²) in [6, 6.07) is 3.23. The first-order chi connectivity index (χ1) is 10.2. The summed E-state index contributed by atoms with van der Waals surface area (Å²) in [5, 5.41) is 3.04. The molecule has 1 aromatic heterocycles. The second-order valence-corrected chi connectivity index (χ2v) is 5.19. The number of hydrogen-bond acceptors (Lipinski definition) is 6. The molecule has 0 unspecified atom stereocenters. The lowest BCUT2D eigenvalue weighted by Gasteiger charge is -2.14. The van der Waals surface area contributed by atoms with Gasteiger partial charge in [0.25, 0.3) is 0 Å². The molecule has 0 aliphatic carbocycles. The molecule has 21 heavy (non-hydrogen) atoms. The summed E-state index contributed by atoms with van der Waals surface area (Å²) in [4.78, 5) is 15.4. The van der Waals surface area contributed by atoms with Crippen molar-refractivity contribution in [3.05, 3.63) is 33.8 Å². The highest BCUT2D eigenvalue weighted by molar-refractivity contribution is 7.09. The SMILES string of the molecule is CCc1nc(COc2c(OC)cc(C=O)cc2OC)cs1. The molecular weight excluding hydrogens is 290 g/mol. The van der Waals surface area contributed by atoms with Crippen molar-refractivity contribution in [2.45, 2.75) is 20.0 Å². The minimum Gasteiger partial charge on any atom is -0.493 e. The van der Waals surface area contributed by atoms with Gasteiger partial charge < -0.3 is 14.2 Å². The van der Waals surface area contributed by atoms with Crippen LogP contribution in [-0.2, 0) is 13.0 Å². The summed E-state index contributed by atoms with van der Waals surface area (Å²) in [5.74, 6) is 1.39. The zero-order valence-electron chi connectivity index (χ0n) is 12.2. The number of benzene rings is 1. The maximum atomic E-state index is 10.9. The van der Waals surface area contributed by atoms with Crippen LogP contribution in [0.5, 0.6) is 17.2 Å². The van der Waals surface area contributed by atoms with Gasteiger partial charge in [-0.2, -0.15) is 0 Å². The number of methoxy groups -OCH3 is 2. The fourth-order valence-electron chi connectivity index (χ4n) is 1.83. The lowest BCUT2D eigenvalue weighted by atomic mass is 10.2. The Morgan fingerprint density at radius 1 is 1.24 bits per heavy atom. The van der Waals surface area contributed by atoms with E-state index in [9.17, 15) is 4.79 Å². The summed E-state index contributed by atoms with van der Waals surface area (Å²) < 4.78 is 16.3. The first-order valence-corrected chi connectivity index (χ1v) is 7.37. The number of aldehydes is 1. The van der Waals surface area contributed by atoms with Crippen LogP contribution in [0.3, 0.4) is 0 Å². The first kappa shape index (κ1) is 15.3. The van der Waals surface area contributed by atoms with Crippen molar-refractivity contribution < 1.29 is 19.0 Å². The molecule has 1 heterocycles. The predicted octanol–water partition coefficient (Wildman–Crippen LogP) is 3.11. The van der Waals surface area contributed by atoms with Crippen molar-refractivity contribution in [3.63, 3.8) is 0 Å². The second kappa shape index (κ2) is 7.08. The first-order valence-electron chi connectivity index (χ1n) is 6.49. The van der Waals surface area contributed by atoms with E-state index in [1.807, 2.05) is 5.38 Å². The summed E-state index contributed by atoms with van der Waals surface area (Å²) in [5.41, 5.74) is 1.33. The molecule has 0 aliphatic heterocycles. The van der Waals surface area contributed by atoms with E-state index in [0.717, 1.165) is 23.4 Å². The molecule has 2 aromatic rings. The van der Waals surface area contributed by atoms with E-state index in [0.29, 0.717) is 29.4 Å². The van der Waals surface area contributed by atoms with Gasteiger partial charge in [-0.1, -0.05) is 6.92 Å². The van der Waals surface area contributed by atoms with Crippen LogP contribution in [0, 0.1) is 0 Å². The average molecular weight is 307 g/mol. The minimum atomic E-state index is 0.323. The number of carbonyl (C=O) groups is 1. The molecule has 0 amide bonds. The average Bonchev–Trinajstić information content (AvgIpc) is 2.99. The quantitative estimate of drug-likeness (QED) is 0.736. The van der Waals surface area contributed by atoms with Crippen LogP contribution < -0.4 is 14.2 Å². The van der Waals surface area contributed by atoms with E-state index < -0.39 is 0 Å². The van der Waals surface area contributed by atoms with E-state index in [-0.39, 0.29) is 0 Å². The maximum Gasteiger partial charge on any atom is 0.203 e. The normalized spacial score (nSPS) is 10.2. The maximum absolute atomic E-state index is 10.9. The molecule has 112 valence electrons. The zero-order chi connectivity index (χ0) is 15.2. The van der Waals surface area contributed by atoms with E-state index in [4.69, 9.17) is 14.2 Å². The summed E-state index contributed by atoms with van der Waals surface area (Å²) in [6.07, 6.45) is 1.65. The molecule has 0 N–H and O–H groups in total. The molecule has 0 saturated heterocycles. The smallest absolute Gasteiger partial charge is 0.203 e. The molecule has 6 heteroatoms. The van der Waals surface area contributed by atoms with Gasteiger partial charge in [0, 0.05) is 10.9 Å². The van der Waals surface area contributed by atoms with Gasteiger partial charge in [-0.15, -0.1) is 11.3 Å². The Morgan fingerprint density at radius 2 is 1.90 bits per heavy atom. The lowest BCUT2D eigenvalue weighted by Crippen LogP contribution is -2.01. The fourth-order valence-corrected chi connectivity index (χ4v) is 2.56. The highest BCUT2D eigenvalue weighted by Gasteiger charge is 2.15. The Morgan fingerprint density at radius 3 is 2.38 bits per heavy atom. The van der Waals surface area contributed by atoms with E-state index in [2.05, 4.69) is 11.9 Å². The Balaban J connectivity index is 2.23. The molecule has 0 atom stereocenters. The van der Waals surface area contributed by atoms with Gasteiger partial charge in [0.15, 0.2) is 11.5 Å². The number of aryl methyl sites for hydroxylation is 1. The van der Waals surface area contributed by atoms with Crippen LogP contribution in [0.1, 0.15) is 28.0 Å². The van der Waals surface area contributed by atoms with Crippen LogP contribution in [0.15, 0.2) is 17.5 Å². The largest absolute Gasteiger partial charge is 0.493 e. The third-order valence-electron chi connectivity index (χ3n) is 2.89. The fraction of sp³-hybridized carbons (Fsp3) is 0.333. The molecule has 0 saturated carbocycles. The number of ether oxygens (including phenoxy) is 3. The Kier molecular flexibility index (Phi) is 5.16. The number of nitrogens with zero attached hydrogens (tertiary/aromatic N) is 1. The van der Waals surface area contributed by atoms with Gasteiger partial charge in [0.1, 0.15) is 12.9 Å². The Bertz CT molecular complexity index is 599. The van der Waals surface area contributed by atoms with Crippen LogP contribution >= 0.6 is 11.3 Å². The minimum absolute atomic E-state index is 0.323. The number of hydrogen-bond donors (Lipinski definition) is 0. The summed E-state index contributed by atoms with van der Waals surface area (Å²) >= 11 is 1.61. The molecule has 0 bridgehead atoms. The van der Waals surface area contributed by atoms with Crippen molar-refractivity contribution in [1.29, 1.82) is 0 Å².